The number of hydrogen-bond donors (Lipinski definition) is 2. The first kappa shape index (κ1) is 12.0. The molecule has 0 radical (unpaired) electrons. The summed E-state index contributed by atoms with van der Waals surface area (Å²) in [5.74, 6) is -3.53. The van der Waals surface area contributed by atoms with Crippen molar-refractivity contribution in [1.29, 1.82) is 0 Å². The molecule has 0 aliphatic carbocycles. The van der Waals surface area contributed by atoms with Gasteiger partial charge < -0.3 is 10.4 Å². The van der Waals surface area contributed by atoms with Crippen molar-refractivity contribution in [2.24, 2.45) is 0 Å². The number of aromatic carboxylic acids is 1. The van der Waals surface area contributed by atoms with Crippen molar-refractivity contribution in [3.8, 4) is 0 Å². The Kier molecular flexibility index (Phi) is 3.38. The van der Waals surface area contributed by atoms with Crippen LogP contribution >= 0.6 is 0 Å². The number of nitrogens with one attached hydrogen (secondary N) is 1. The van der Waals surface area contributed by atoms with Crippen LogP contribution < -0.4 is 5.32 Å². The van der Waals surface area contributed by atoms with Crippen LogP contribution in [0.5, 0.6) is 0 Å². The van der Waals surface area contributed by atoms with Gasteiger partial charge in [0, 0.05) is 6.54 Å². The van der Waals surface area contributed by atoms with Gasteiger partial charge >= 0.3 is 5.97 Å². The Hall–Kier alpha value is -1.49. The molecule has 3 nitrogen and oxygen atoms in total. The van der Waals surface area contributed by atoms with Gasteiger partial charge in [0.25, 0.3) is 0 Å². The van der Waals surface area contributed by atoms with E-state index in [4.69, 9.17) is 5.11 Å². The highest BCUT2D eigenvalue weighted by molar-refractivity contribution is 5.88. The number of halogens is 2. The monoisotopic (exact) mass is 241 g/mol. The second kappa shape index (κ2) is 4.79. The highest BCUT2D eigenvalue weighted by atomic mass is 19.1. The summed E-state index contributed by atoms with van der Waals surface area (Å²) in [7, 11) is 0. The van der Waals surface area contributed by atoms with Crippen LogP contribution in [0.25, 0.3) is 0 Å². The van der Waals surface area contributed by atoms with Gasteiger partial charge in [-0.2, -0.15) is 0 Å². The molecule has 0 saturated carbocycles. The number of carbonyl (C=O) groups is 1. The lowest BCUT2D eigenvalue weighted by atomic mass is 9.91. The number of piperidine rings is 1. The average Bonchev–Trinajstić information content (AvgIpc) is 2.28. The van der Waals surface area contributed by atoms with Crippen LogP contribution in [0, 0.1) is 11.6 Å². The Morgan fingerprint density at radius 2 is 2.00 bits per heavy atom. The first-order chi connectivity index (χ1) is 8.09. The van der Waals surface area contributed by atoms with Gasteiger partial charge in [0.1, 0.15) is 17.2 Å². The van der Waals surface area contributed by atoms with E-state index in [-0.39, 0.29) is 5.92 Å². The molecule has 1 heterocycles. The molecule has 17 heavy (non-hydrogen) atoms. The van der Waals surface area contributed by atoms with Crippen LogP contribution in [0.1, 0.15) is 34.7 Å². The quantitative estimate of drug-likeness (QED) is 0.834. The molecule has 2 rings (SSSR count). The van der Waals surface area contributed by atoms with Crippen molar-refractivity contribution >= 4 is 5.97 Å². The lowest BCUT2D eigenvalue weighted by molar-refractivity contribution is 0.0686. The van der Waals surface area contributed by atoms with Gasteiger partial charge in [0.15, 0.2) is 0 Å². The maximum Gasteiger partial charge on any atom is 0.341 e. The summed E-state index contributed by atoms with van der Waals surface area (Å²) in [6, 6.07) is 2.26. The molecule has 1 aliphatic rings. The van der Waals surface area contributed by atoms with Crippen LogP contribution in [0.15, 0.2) is 12.1 Å². The summed E-state index contributed by atoms with van der Waals surface area (Å²) in [6.07, 6.45) is 1.81. The molecule has 0 spiro atoms. The van der Waals surface area contributed by atoms with Crippen LogP contribution in [-0.4, -0.2) is 24.2 Å². The summed E-state index contributed by atoms with van der Waals surface area (Å²) >= 11 is 0. The van der Waals surface area contributed by atoms with Crippen molar-refractivity contribution in [2.75, 3.05) is 13.1 Å². The highest BCUT2D eigenvalue weighted by Gasteiger charge is 2.22. The third-order valence-electron chi connectivity index (χ3n) is 3.05. The summed E-state index contributed by atoms with van der Waals surface area (Å²) < 4.78 is 27.0. The van der Waals surface area contributed by atoms with E-state index in [1.807, 2.05) is 0 Å². The topological polar surface area (TPSA) is 49.3 Å². The SMILES string of the molecule is O=C(O)c1c(F)cc(C2CCCNC2)cc1F. The normalized spacial score (nSPS) is 20.2. The predicted octanol–water partition coefficient (Wildman–Crippen LogP) is 2.13. The van der Waals surface area contributed by atoms with Gasteiger partial charge in [-0.25, -0.2) is 13.6 Å². The van der Waals surface area contributed by atoms with Gasteiger partial charge in [-0.15, -0.1) is 0 Å². The third-order valence-corrected chi connectivity index (χ3v) is 3.05. The minimum absolute atomic E-state index is 0.0515. The van der Waals surface area contributed by atoms with Crippen molar-refractivity contribution in [1.82, 2.24) is 5.32 Å². The highest BCUT2D eigenvalue weighted by Crippen LogP contribution is 2.26. The minimum Gasteiger partial charge on any atom is -0.477 e. The summed E-state index contributed by atoms with van der Waals surface area (Å²) in [6.45, 7) is 1.58. The van der Waals surface area contributed by atoms with Crippen molar-refractivity contribution in [2.45, 2.75) is 18.8 Å². The summed E-state index contributed by atoms with van der Waals surface area (Å²) in [5, 5.41) is 11.8. The van der Waals surface area contributed by atoms with Gasteiger partial charge in [-0.1, -0.05) is 0 Å². The van der Waals surface area contributed by atoms with Crippen molar-refractivity contribution < 1.29 is 18.7 Å². The summed E-state index contributed by atoms with van der Waals surface area (Å²) in [4.78, 5) is 10.6. The van der Waals surface area contributed by atoms with Gasteiger partial charge in [0.2, 0.25) is 0 Å². The van der Waals surface area contributed by atoms with Crippen molar-refractivity contribution in [3.05, 3.63) is 34.9 Å². The summed E-state index contributed by atoms with van der Waals surface area (Å²) in [5.41, 5.74) is -0.352. The lowest BCUT2D eigenvalue weighted by Crippen LogP contribution is -2.28. The number of rotatable bonds is 2. The van der Waals surface area contributed by atoms with Gasteiger partial charge in [-0.05, 0) is 43.0 Å². The lowest BCUT2D eigenvalue weighted by Gasteiger charge is -2.23. The number of carboxylic acids is 1. The first-order valence-electron chi connectivity index (χ1n) is 5.52. The van der Waals surface area contributed by atoms with Gasteiger partial charge in [0.05, 0.1) is 0 Å². The molecule has 0 amide bonds. The Labute approximate surface area is 97.5 Å². The average molecular weight is 241 g/mol. The Morgan fingerprint density at radius 1 is 1.35 bits per heavy atom. The standard InChI is InChI=1S/C12H13F2NO2/c13-9-4-8(7-2-1-3-15-6-7)5-10(14)11(9)12(16)17/h4-5,7,15H,1-3,6H2,(H,16,17). The molecule has 92 valence electrons. The molecular weight excluding hydrogens is 228 g/mol. The van der Waals surface area contributed by atoms with Crippen LogP contribution in [0.4, 0.5) is 8.78 Å². The molecule has 0 bridgehead atoms. The third kappa shape index (κ3) is 2.44. The second-order valence-corrected chi connectivity index (χ2v) is 4.21. The Bertz CT molecular complexity index is 419. The van der Waals surface area contributed by atoms with E-state index in [1.165, 1.54) is 0 Å². The molecule has 1 unspecified atom stereocenters. The maximum atomic E-state index is 13.5. The molecule has 1 saturated heterocycles. The zero-order valence-electron chi connectivity index (χ0n) is 9.17. The second-order valence-electron chi connectivity index (χ2n) is 4.21. The van der Waals surface area contributed by atoms with E-state index in [0.717, 1.165) is 31.5 Å². The fourth-order valence-corrected chi connectivity index (χ4v) is 2.17. The molecule has 0 aromatic heterocycles. The minimum atomic E-state index is -1.58. The molecule has 1 aromatic carbocycles. The van der Waals surface area contributed by atoms with E-state index >= 15 is 0 Å². The molecular formula is C12H13F2NO2. The molecule has 5 heteroatoms. The molecule has 1 fully saturated rings. The van der Waals surface area contributed by atoms with Crippen molar-refractivity contribution in [3.63, 3.8) is 0 Å². The predicted molar refractivity (Wildman–Crippen MR) is 58.2 cm³/mol. The van der Waals surface area contributed by atoms with E-state index < -0.39 is 23.2 Å². The molecule has 1 aromatic rings. The van der Waals surface area contributed by atoms with E-state index in [0.29, 0.717) is 12.1 Å². The first-order valence-corrected chi connectivity index (χ1v) is 5.52. The zero-order valence-corrected chi connectivity index (χ0v) is 9.17. The fraction of sp³-hybridized carbons (Fsp3) is 0.417. The smallest absolute Gasteiger partial charge is 0.341 e. The van der Waals surface area contributed by atoms with Crippen LogP contribution in [0.2, 0.25) is 0 Å². The van der Waals surface area contributed by atoms with Crippen LogP contribution in [-0.2, 0) is 0 Å². The number of benzene rings is 1. The number of carboxylic acid groups (broad SMARTS) is 1. The van der Waals surface area contributed by atoms with E-state index in [2.05, 4.69) is 5.32 Å². The largest absolute Gasteiger partial charge is 0.477 e. The van der Waals surface area contributed by atoms with E-state index in [1.54, 1.807) is 0 Å². The fourth-order valence-electron chi connectivity index (χ4n) is 2.17. The Morgan fingerprint density at radius 3 is 2.47 bits per heavy atom. The van der Waals surface area contributed by atoms with E-state index in [9.17, 15) is 13.6 Å². The number of hydrogen-bond acceptors (Lipinski definition) is 2. The van der Waals surface area contributed by atoms with Gasteiger partial charge in [-0.3, -0.25) is 0 Å². The molecule has 1 aliphatic heterocycles. The van der Waals surface area contributed by atoms with Crippen LogP contribution in [0.3, 0.4) is 0 Å². The Balaban J connectivity index is 2.34. The zero-order chi connectivity index (χ0) is 12.4. The maximum absolute atomic E-state index is 13.5. The molecule has 1 atom stereocenters. The molecule has 2 N–H and O–H groups in total.